The first-order chi connectivity index (χ1) is 16.0. The minimum atomic E-state index is -1.59. The molecule has 2 aliphatic heterocycles. The van der Waals surface area contributed by atoms with Gasteiger partial charge in [0.1, 0.15) is 11.9 Å². The molecule has 3 atom stereocenters. The average molecular weight is 454 g/mol. The predicted octanol–water partition coefficient (Wildman–Crippen LogP) is 5.76. The molecule has 0 saturated carbocycles. The molecular weight excluding hydrogens is 437 g/mol. The number of hydrogen-bond acceptors (Lipinski definition) is 4. The number of hydrogen-bond donors (Lipinski definition) is 0. The fraction of sp³-hybridized carbons (Fsp3) is 0.148. The first-order valence-corrected chi connectivity index (χ1v) is 10.8. The van der Waals surface area contributed by atoms with Crippen LogP contribution >= 0.6 is 11.6 Å². The lowest BCUT2D eigenvalue weighted by Crippen LogP contribution is -2.44. The molecular formula is C27H17ClFN3O. The highest BCUT2D eigenvalue weighted by atomic mass is 35.5. The van der Waals surface area contributed by atoms with Crippen molar-refractivity contribution in [2.75, 3.05) is 4.90 Å². The second kappa shape index (κ2) is 7.89. The van der Waals surface area contributed by atoms with E-state index in [-0.39, 0.29) is 5.78 Å². The molecule has 1 fully saturated rings. The van der Waals surface area contributed by atoms with Crippen LogP contribution in [0.1, 0.15) is 27.4 Å². The van der Waals surface area contributed by atoms with E-state index >= 15 is 0 Å². The second-order valence-electron chi connectivity index (χ2n) is 8.18. The van der Waals surface area contributed by atoms with Gasteiger partial charge in [-0.05, 0) is 29.8 Å². The van der Waals surface area contributed by atoms with Gasteiger partial charge in [-0.1, -0.05) is 72.3 Å². The number of fused-ring (bicyclic) bond motifs is 3. The van der Waals surface area contributed by atoms with Crippen LogP contribution in [0.4, 0.5) is 10.1 Å². The number of benzene rings is 3. The number of rotatable bonds is 3. The molecule has 4 nitrogen and oxygen atoms in total. The van der Waals surface area contributed by atoms with Gasteiger partial charge in [-0.3, -0.25) is 4.79 Å². The number of carbonyl (C=O) groups excluding carboxylic acids is 1. The highest BCUT2D eigenvalue weighted by Gasteiger charge is 2.63. The number of ketones is 1. The van der Waals surface area contributed by atoms with Crippen LogP contribution in [0.3, 0.4) is 0 Å². The summed E-state index contributed by atoms with van der Waals surface area (Å²) in [6.45, 7) is 0. The van der Waals surface area contributed by atoms with Gasteiger partial charge in [-0.15, -0.1) is 0 Å². The Bertz CT molecular complexity index is 1360. The Labute approximate surface area is 195 Å². The zero-order valence-electron chi connectivity index (χ0n) is 17.3. The highest BCUT2D eigenvalue weighted by Crippen LogP contribution is 2.56. The quantitative estimate of drug-likeness (QED) is 0.472. The topological polar surface area (TPSA) is 67.9 Å². The minimum Gasteiger partial charge on any atom is -0.351 e. The summed E-state index contributed by atoms with van der Waals surface area (Å²) in [5.74, 6) is -1.47. The summed E-state index contributed by atoms with van der Waals surface area (Å²) in [6.07, 6.45) is 3.43. The third-order valence-corrected chi connectivity index (χ3v) is 6.88. The second-order valence-corrected chi connectivity index (χ2v) is 8.59. The van der Waals surface area contributed by atoms with Gasteiger partial charge in [-0.2, -0.15) is 10.5 Å². The lowest BCUT2D eigenvalue weighted by molar-refractivity contribution is 0.0951. The van der Waals surface area contributed by atoms with Crippen LogP contribution in [0.5, 0.6) is 0 Å². The molecule has 33 heavy (non-hydrogen) atoms. The fourth-order valence-corrected chi connectivity index (χ4v) is 5.36. The fourth-order valence-electron chi connectivity index (χ4n) is 5.11. The van der Waals surface area contributed by atoms with Gasteiger partial charge in [0.25, 0.3) is 0 Å². The van der Waals surface area contributed by atoms with Crippen LogP contribution in [0.25, 0.3) is 6.08 Å². The van der Waals surface area contributed by atoms with Crippen molar-refractivity contribution in [1.82, 2.24) is 0 Å². The average Bonchev–Trinajstić information content (AvgIpc) is 3.14. The molecule has 0 aliphatic carbocycles. The summed E-state index contributed by atoms with van der Waals surface area (Å²) in [5, 5.41) is 21.2. The van der Waals surface area contributed by atoms with Crippen LogP contribution in [0.15, 0.2) is 78.9 Å². The smallest absolute Gasteiger partial charge is 0.185 e. The molecule has 2 aliphatic rings. The largest absolute Gasteiger partial charge is 0.351 e. The molecule has 160 valence electrons. The van der Waals surface area contributed by atoms with Gasteiger partial charge in [0.15, 0.2) is 11.2 Å². The predicted molar refractivity (Wildman–Crippen MR) is 124 cm³/mol. The van der Waals surface area contributed by atoms with Gasteiger partial charge in [0.2, 0.25) is 0 Å². The van der Waals surface area contributed by atoms with Crippen molar-refractivity contribution < 1.29 is 9.18 Å². The number of anilines is 1. The Morgan fingerprint density at radius 2 is 1.70 bits per heavy atom. The van der Waals surface area contributed by atoms with E-state index in [1.165, 1.54) is 12.1 Å². The Balaban J connectivity index is 1.81. The zero-order valence-corrected chi connectivity index (χ0v) is 18.1. The molecule has 0 N–H and O–H groups in total. The van der Waals surface area contributed by atoms with Crippen LogP contribution < -0.4 is 4.90 Å². The van der Waals surface area contributed by atoms with Crippen molar-refractivity contribution in [3.63, 3.8) is 0 Å². The molecule has 0 spiro atoms. The molecule has 0 radical (unpaired) electrons. The molecule has 5 rings (SSSR count). The van der Waals surface area contributed by atoms with Gasteiger partial charge in [0.05, 0.1) is 18.2 Å². The number of carbonyl (C=O) groups is 1. The lowest BCUT2D eigenvalue weighted by atomic mass is 9.69. The third kappa shape index (κ3) is 3.05. The number of nitrogens with zero attached hydrogens (tertiary/aromatic N) is 3. The summed E-state index contributed by atoms with van der Waals surface area (Å²) in [4.78, 5) is 15.8. The molecule has 1 saturated heterocycles. The van der Waals surface area contributed by atoms with E-state index in [1.807, 2.05) is 6.07 Å². The zero-order chi connectivity index (χ0) is 23.2. The Morgan fingerprint density at radius 3 is 2.39 bits per heavy atom. The number of nitriles is 2. The SMILES string of the molecule is N#CC1(C#N)[C@H](c2ccccc2Cl)[C@@H](C(=O)c2ccccc2)N2c3ccc(F)cc3C=C[C@@H]21. The molecule has 0 amide bonds. The van der Waals surface area contributed by atoms with E-state index in [9.17, 15) is 19.7 Å². The van der Waals surface area contributed by atoms with Crippen molar-refractivity contribution in [1.29, 1.82) is 10.5 Å². The molecule has 0 bridgehead atoms. The van der Waals surface area contributed by atoms with Crippen LogP contribution in [-0.2, 0) is 0 Å². The highest BCUT2D eigenvalue weighted by molar-refractivity contribution is 6.31. The third-order valence-electron chi connectivity index (χ3n) is 6.54. The van der Waals surface area contributed by atoms with Crippen LogP contribution in [0.2, 0.25) is 5.02 Å². The standard InChI is InChI=1S/C27H17ClFN3O/c28-21-9-5-4-8-20(21)24-25(26(33)17-6-2-1-3-7-17)32-22-12-11-19(29)14-18(22)10-13-23(32)27(24,15-30)16-31/h1-14,23-25H/t23-,24-,25+/m1/s1. The number of halogens is 2. The Hall–Kier alpha value is -3.93. The number of Topliss-reactive ketones (excluding diaryl/α,β-unsaturated/α-hetero) is 1. The van der Waals surface area contributed by atoms with E-state index in [0.29, 0.717) is 27.4 Å². The Kier molecular flexibility index (Phi) is 5.01. The monoisotopic (exact) mass is 453 g/mol. The molecule has 2 heterocycles. The summed E-state index contributed by atoms with van der Waals surface area (Å²) in [5.41, 5.74) is 0.610. The molecule has 3 aromatic rings. The van der Waals surface area contributed by atoms with Crippen molar-refractivity contribution in [2.24, 2.45) is 5.41 Å². The van der Waals surface area contributed by atoms with Crippen molar-refractivity contribution in [3.05, 3.63) is 106 Å². The molecule has 0 aromatic heterocycles. The maximum atomic E-state index is 14.0. The molecule has 6 heteroatoms. The van der Waals surface area contributed by atoms with Crippen molar-refractivity contribution >= 4 is 29.1 Å². The summed E-state index contributed by atoms with van der Waals surface area (Å²) in [6, 6.07) is 22.9. The normalized spacial score (nSPS) is 22.1. The van der Waals surface area contributed by atoms with E-state index < -0.39 is 29.2 Å². The maximum absolute atomic E-state index is 14.0. The first-order valence-electron chi connectivity index (χ1n) is 10.4. The minimum absolute atomic E-state index is 0.233. The van der Waals surface area contributed by atoms with E-state index in [4.69, 9.17) is 11.6 Å². The van der Waals surface area contributed by atoms with Gasteiger partial charge in [-0.25, -0.2) is 4.39 Å². The van der Waals surface area contributed by atoms with Gasteiger partial charge >= 0.3 is 0 Å². The van der Waals surface area contributed by atoms with Crippen molar-refractivity contribution in [2.45, 2.75) is 18.0 Å². The summed E-state index contributed by atoms with van der Waals surface area (Å²) < 4.78 is 14.0. The maximum Gasteiger partial charge on any atom is 0.185 e. The van der Waals surface area contributed by atoms with Crippen molar-refractivity contribution in [3.8, 4) is 12.1 Å². The Morgan fingerprint density at radius 1 is 1.00 bits per heavy atom. The molecule has 3 aromatic carbocycles. The van der Waals surface area contributed by atoms with E-state index in [2.05, 4.69) is 12.1 Å². The summed E-state index contributed by atoms with van der Waals surface area (Å²) in [7, 11) is 0. The van der Waals surface area contributed by atoms with E-state index in [0.717, 1.165) is 0 Å². The van der Waals surface area contributed by atoms with Gasteiger partial charge < -0.3 is 4.90 Å². The molecule has 0 unspecified atom stereocenters. The first kappa shape index (κ1) is 20.9. The van der Waals surface area contributed by atoms with Crippen LogP contribution in [0, 0.1) is 33.9 Å². The van der Waals surface area contributed by atoms with E-state index in [1.54, 1.807) is 71.6 Å². The van der Waals surface area contributed by atoms with Crippen LogP contribution in [-0.4, -0.2) is 17.9 Å². The van der Waals surface area contributed by atoms with Gasteiger partial charge in [0, 0.05) is 27.8 Å². The lowest BCUT2D eigenvalue weighted by Gasteiger charge is -2.35. The summed E-state index contributed by atoms with van der Waals surface area (Å²) >= 11 is 6.56.